The van der Waals surface area contributed by atoms with Crippen molar-refractivity contribution in [3.05, 3.63) is 59.7 Å². The predicted octanol–water partition coefficient (Wildman–Crippen LogP) is 4.22. The molecule has 0 saturated heterocycles. The smallest absolute Gasteiger partial charge is 0.198 e. The molecule has 0 aliphatic rings. The molecule has 1 aromatic heterocycles. The molecular formula is C18H16N2O2. The lowest BCUT2D eigenvalue weighted by Crippen LogP contribution is -1.94. The number of aromatic nitrogens is 1. The second kappa shape index (κ2) is 5.85. The summed E-state index contributed by atoms with van der Waals surface area (Å²) in [6.07, 6.45) is 2.12. The number of H-pyrrole nitrogens is 1. The molecule has 2 aromatic carbocycles. The first kappa shape index (κ1) is 14.1. The quantitative estimate of drug-likeness (QED) is 0.558. The van der Waals surface area contributed by atoms with Gasteiger partial charge in [0.1, 0.15) is 0 Å². The van der Waals surface area contributed by atoms with Gasteiger partial charge in [-0.3, -0.25) is 9.79 Å². The molecule has 0 aliphatic carbocycles. The van der Waals surface area contributed by atoms with Gasteiger partial charge in [-0.15, -0.1) is 0 Å². The minimum Gasteiger partial charge on any atom is -0.494 e. The van der Waals surface area contributed by atoms with Crippen molar-refractivity contribution in [1.82, 2.24) is 4.98 Å². The molecule has 4 nitrogen and oxygen atoms in total. The van der Waals surface area contributed by atoms with Crippen LogP contribution >= 0.6 is 0 Å². The van der Waals surface area contributed by atoms with E-state index >= 15 is 0 Å². The number of aliphatic imine (C=N–C) groups is 1. The molecule has 1 heterocycles. The molecule has 3 aromatic rings. The van der Waals surface area contributed by atoms with Crippen LogP contribution in [0.3, 0.4) is 0 Å². The Morgan fingerprint density at radius 3 is 2.64 bits per heavy atom. The van der Waals surface area contributed by atoms with Gasteiger partial charge in [-0.25, -0.2) is 0 Å². The number of carbonyl (C=O) groups is 1. The molecule has 0 aliphatic heterocycles. The highest BCUT2D eigenvalue weighted by molar-refractivity contribution is 6.02. The van der Waals surface area contributed by atoms with Crippen molar-refractivity contribution in [2.45, 2.75) is 13.3 Å². The van der Waals surface area contributed by atoms with E-state index < -0.39 is 0 Å². The summed E-state index contributed by atoms with van der Waals surface area (Å²) in [5.74, 6) is 0.215. The largest absolute Gasteiger partial charge is 0.494 e. The number of nitrogens with zero attached hydrogens (tertiary/aromatic N) is 1. The summed E-state index contributed by atoms with van der Waals surface area (Å²) in [6.45, 7) is 1.84. The van der Waals surface area contributed by atoms with Gasteiger partial charge in [-0.1, -0.05) is 25.1 Å². The van der Waals surface area contributed by atoms with Gasteiger partial charge in [0.05, 0.1) is 11.3 Å². The van der Waals surface area contributed by atoms with Crippen LogP contribution in [0.5, 0.6) is 5.88 Å². The zero-order valence-electron chi connectivity index (χ0n) is 12.2. The number of aromatic hydroxyl groups is 1. The van der Waals surface area contributed by atoms with E-state index in [1.165, 1.54) is 0 Å². The van der Waals surface area contributed by atoms with Crippen LogP contribution in [-0.2, 0) is 0 Å². The summed E-state index contributed by atoms with van der Waals surface area (Å²) >= 11 is 0. The molecule has 0 spiro atoms. The van der Waals surface area contributed by atoms with E-state index in [9.17, 15) is 9.90 Å². The molecule has 0 amide bonds. The summed E-state index contributed by atoms with van der Waals surface area (Å²) in [4.78, 5) is 18.9. The number of Topliss-reactive ketones (excluding diaryl/α,β-unsaturated/α-hetero) is 1. The van der Waals surface area contributed by atoms with Crippen molar-refractivity contribution in [1.29, 1.82) is 0 Å². The fourth-order valence-electron chi connectivity index (χ4n) is 2.36. The van der Waals surface area contributed by atoms with Crippen molar-refractivity contribution < 1.29 is 9.90 Å². The second-order valence-corrected chi connectivity index (χ2v) is 5.01. The first-order chi connectivity index (χ1) is 10.7. The van der Waals surface area contributed by atoms with E-state index in [0.29, 0.717) is 17.5 Å². The third-order valence-electron chi connectivity index (χ3n) is 3.58. The van der Waals surface area contributed by atoms with E-state index in [2.05, 4.69) is 9.98 Å². The monoisotopic (exact) mass is 292 g/mol. The molecule has 4 heteroatoms. The van der Waals surface area contributed by atoms with Crippen molar-refractivity contribution in [3.8, 4) is 5.88 Å². The summed E-state index contributed by atoms with van der Waals surface area (Å²) < 4.78 is 0. The maximum atomic E-state index is 11.6. The Morgan fingerprint density at radius 1 is 1.18 bits per heavy atom. The number of aromatic amines is 1. The average molecular weight is 292 g/mol. The van der Waals surface area contributed by atoms with Gasteiger partial charge in [0.15, 0.2) is 11.7 Å². The van der Waals surface area contributed by atoms with Gasteiger partial charge < -0.3 is 10.1 Å². The zero-order valence-corrected chi connectivity index (χ0v) is 12.2. The number of nitrogens with one attached hydrogen (secondary N) is 1. The fraction of sp³-hybridized carbons (Fsp3) is 0.111. The van der Waals surface area contributed by atoms with E-state index in [1.807, 2.05) is 31.2 Å². The summed E-state index contributed by atoms with van der Waals surface area (Å²) in [7, 11) is 0. The standard InChI is InChI=1S/C18H16N2O2/c1-2-17(21)12-7-9-13(10-8-12)19-11-15-14-5-3-4-6-16(14)20-18(15)22/h3-11,20,22H,2H2,1H3. The van der Waals surface area contributed by atoms with Crippen LogP contribution in [0.1, 0.15) is 29.3 Å². The van der Waals surface area contributed by atoms with E-state index in [0.717, 1.165) is 16.6 Å². The van der Waals surface area contributed by atoms with Crippen LogP contribution in [0, 0.1) is 0 Å². The Hall–Kier alpha value is -2.88. The van der Waals surface area contributed by atoms with Crippen molar-refractivity contribution in [3.63, 3.8) is 0 Å². The summed E-state index contributed by atoms with van der Waals surface area (Å²) in [6, 6.07) is 14.8. The van der Waals surface area contributed by atoms with E-state index in [4.69, 9.17) is 0 Å². The second-order valence-electron chi connectivity index (χ2n) is 5.01. The molecule has 2 N–H and O–H groups in total. The van der Waals surface area contributed by atoms with Gasteiger partial charge in [-0.05, 0) is 30.3 Å². The predicted molar refractivity (Wildman–Crippen MR) is 88.3 cm³/mol. The van der Waals surface area contributed by atoms with Crippen LogP contribution < -0.4 is 0 Å². The lowest BCUT2D eigenvalue weighted by atomic mass is 10.1. The zero-order chi connectivity index (χ0) is 15.5. The lowest BCUT2D eigenvalue weighted by molar-refractivity contribution is 0.0988. The SMILES string of the molecule is CCC(=O)c1ccc(N=Cc2c(O)[nH]c3ccccc23)cc1. The van der Waals surface area contributed by atoms with Crippen LogP contribution in [0.15, 0.2) is 53.5 Å². The molecule has 0 unspecified atom stereocenters. The average Bonchev–Trinajstić information content (AvgIpc) is 2.88. The molecule has 110 valence electrons. The van der Waals surface area contributed by atoms with Crippen LogP contribution in [0.4, 0.5) is 5.69 Å². The number of ketones is 1. The Balaban J connectivity index is 1.90. The summed E-state index contributed by atoms with van der Waals surface area (Å²) in [5, 5.41) is 10.9. The highest BCUT2D eigenvalue weighted by atomic mass is 16.3. The van der Waals surface area contributed by atoms with Crippen LogP contribution in [0.2, 0.25) is 0 Å². The van der Waals surface area contributed by atoms with Crippen LogP contribution in [-0.4, -0.2) is 22.1 Å². The van der Waals surface area contributed by atoms with Crippen molar-refractivity contribution in [2.24, 2.45) is 4.99 Å². The third-order valence-corrected chi connectivity index (χ3v) is 3.58. The Morgan fingerprint density at radius 2 is 1.91 bits per heavy atom. The minimum atomic E-state index is 0.0998. The maximum Gasteiger partial charge on any atom is 0.198 e. The Kier molecular flexibility index (Phi) is 3.74. The normalized spacial score (nSPS) is 11.3. The highest BCUT2D eigenvalue weighted by Gasteiger charge is 2.07. The number of para-hydroxylation sites is 1. The first-order valence-corrected chi connectivity index (χ1v) is 7.16. The van der Waals surface area contributed by atoms with Gasteiger partial charge in [0, 0.05) is 29.1 Å². The molecule has 0 atom stereocenters. The van der Waals surface area contributed by atoms with Gasteiger partial charge in [-0.2, -0.15) is 0 Å². The molecule has 22 heavy (non-hydrogen) atoms. The fourth-order valence-corrected chi connectivity index (χ4v) is 2.36. The Bertz CT molecular complexity index is 845. The van der Waals surface area contributed by atoms with E-state index in [1.54, 1.807) is 30.5 Å². The van der Waals surface area contributed by atoms with Crippen molar-refractivity contribution in [2.75, 3.05) is 0 Å². The van der Waals surface area contributed by atoms with Crippen LogP contribution in [0.25, 0.3) is 10.9 Å². The number of fused-ring (bicyclic) bond motifs is 1. The first-order valence-electron chi connectivity index (χ1n) is 7.16. The Labute approximate surface area is 128 Å². The van der Waals surface area contributed by atoms with Gasteiger partial charge in [0.2, 0.25) is 0 Å². The molecular weight excluding hydrogens is 276 g/mol. The molecule has 3 rings (SSSR count). The number of carbonyl (C=O) groups excluding carboxylic acids is 1. The van der Waals surface area contributed by atoms with Gasteiger partial charge >= 0.3 is 0 Å². The number of benzene rings is 2. The molecule has 0 radical (unpaired) electrons. The number of hydrogen-bond acceptors (Lipinski definition) is 3. The molecule has 0 saturated carbocycles. The third kappa shape index (κ3) is 2.63. The van der Waals surface area contributed by atoms with E-state index in [-0.39, 0.29) is 11.7 Å². The number of rotatable bonds is 4. The topological polar surface area (TPSA) is 65.4 Å². The maximum absolute atomic E-state index is 11.6. The van der Waals surface area contributed by atoms with Gasteiger partial charge in [0.25, 0.3) is 0 Å². The minimum absolute atomic E-state index is 0.0998. The molecule has 0 fully saturated rings. The lowest BCUT2D eigenvalue weighted by Gasteiger charge is -1.98. The highest BCUT2D eigenvalue weighted by Crippen LogP contribution is 2.26. The number of hydrogen-bond donors (Lipinski definition) is 2. The molecule has 0 bridgehead atoms. The summed E-state index contributed by atoms with van der Waals surface area (Å²) in [5.41, 5.74) is 2.95. The van der Waals surface area contributed by atoms with Crippen molar-refractivity contribution >= 4 is 28.6 Å².